The van der Waals surface area contributed by atoms with Crippen molar-refractivity contribution >= 4 is 0 Å². The van der Waals surface area contributed by atoms with Crippen LogP contribution in [0.1, 0.15) is 23.1 Å². The lowest BCUT2D eigenvalue weighted by atomic mass is 9.93. The van der Waals surface area contributed by atoms with Crippen LogP contribution in [0.4, 0.5) is 17.6 Å². The van der Waals surface area contributed by atoms with E-state index in [9.17, 15) is 17.6 Å². The first kappa shape index (κ1) is 15.3. The zero-order chi connectivity index (χ0) is 16.6. The van der Waals surface area contributed by atoms with E-state index < -0.39 is 17.6 Å². The monoisotopic (exact) mass is 321 g/mol. The van der Waals surface area contributed by atoms with Gasteiger partial charge in [0.1, 0.15) is 11.6 Å². The number of alkyl halides is 3. The van der Waals surface area contributed by atoms with Crippen LogP contribution in [0.2, 0.25) is 0 Å². The number of ether oxygens (including phenoxy) is 1. The molecule has 0 amide bonds. The molecule has 0 fully saturated rings. The maximum absolute atomic E-state index is 13.8. The van der Waals surface area contributed by atoms with Crippen LogP contribution in [0.15, 0.2) is 30.3 Å². The van der Waals surface area contributed by atoms with Crippen LogP contribution in [0.3, 0.4) is 0 Å². The topological polar surface area (TPSA) is 33.0 Å². The maximum atomic E-state index is 13.8. The second-order valence-corrected chi connectivity index (χ2v) is 5.26. The van der Waals surface area contributed by atoms with E-state index in [1.165, 1.54) is 6.07 Å². The van der Waals surface area contributed by atoms with Gasteiger partial charge >= 0.3 is 6.18 Å². The smallest absolute Gasteiger partial charge is 0.417 e. The summed E-state index contributed by atoms with van der Waals surface area (Å²) in [6.45, 7) is 0.366. The minimum atomic E-state index is -4.61. The highest BCUT2D eigenvalue weighted by atomic mass is 19.4. The second-order valence-electron chi connectivity index (χ2n) is 5.26. The molecule has 0 bridgehead atoms. The van der Waals surface area contributed by atoms with Crippen molar-refractivity contribution in [2.24, 2.45) is 0 Å². The minimum absolute atomic E-state index is 0.0316. The summed E-state index contributed by atoms with van der Waals surface area (Å²) in [5.74, 6) is -0.363. The largest absolute Gasteiger partial charge is 0.493 e. The summed E-state index contributed by atoms with van der Waals surface area (Å²) in [7, 11) is 0. The molecule has 1 heterocycles. The minimum Gasteiger partial charge on any atom is -0.493 e. The van der Waals surface area contributed by atoms with Gasteiger partial charge in [-0.1, -0.05) is 0 Å². The molecule has 0 N–H and O–H groups in total. The second kappa shape index (κ2) is 5.58. The summed E-state index contributed by atoms with van der Waals surface area (Å²) in [6.07, 6.45) is -3.39. The number of rotatable bonds is 1. The molecule has 0 atom stereocenters. The average molecular weight is 321 g/mol. The predicted octanol–water partition coefficient (Wildman–Crippen LogP) is 4.71. The van der Waals surface area contributed by atoms with Crippen LogP contribution in [0, 0.1) is 17.1 Å². The third kappa shape index (κ3) is 2.87. The van der Waals surface area contributed by atoms with Crippen molar-refractivity contribution in [2.75, 3.05) is 6.61 Å². The van der Waals surface area contributed by atoms with Gasteiger partial charge in [0.15, 0.2) is 0 Å². The van der Waals surface area contributed by atoms with Crippen LogP contribution < -0.4 is 4.74 Å². The number of hydrogen-bond donors (Lipinski definition) is 0. The van der Waals surface area contributed by atoms with Gasteiger partial charge in [-0.15, -0.1) is 0 Å². The third-order valence-electron chi connectivity index (χ3n) is 3.71. The molecular formula is C17H11F4NO. The number of aryl methyl sites for hydroxylation is 1. The first-order valence-corrected chi connectivity index (χ1v) is 6.97. The number of fused-ring (bicyclic) bond motifs is 1. The fraction of sp³-hybridized carbons (Fsp3) is 0.235. The van der Waals surface area contributed by atoms with Crippen LogP contribution in [-0.2, 0) is 12.6 Å². The summed E-state index contributed by atoms with van der Waals surface area (Å²) in [5, 5.41) is 8.96. The molecule has 0 aliphatic carbocycles. The summed E-state index contributed by atoms with van der Waals surface area (Å²) >= 11 is 0. The lowest BCUT2D eigenvalue weighted by Gasteiger charge is -2.22. The zero-order valence-corrected chi connectivity index (χ0v) is 11.9. The molecule has 0 unspecified atom stereocenters. The van der Waals surface area contributed by atoms with E-state index in [-0.39, 0.29) is 22.4 Å². The third-order valence-corrected chi connectivity index (χ3v) is 3.71. The normalized spacial score (nSPS) is 13.9. The van der Waals surface area contributed by atoms with E-state index in [0.29, 0.717) is 25.0 Å². The number of nitrogens with zero attached hydrogens (tertiary/aromatic N) is 1. The predicted molar refractivity (Wildman–Crippen MR) is 75.4 cm³/mol. The Bertz CT molecular complexity index is 805. The van der Waals surface area contributed by atoms with Crippen molar-refractivity contribution in [1.29, 1.82) is 5.26 Å². The van der Waals surface area contributed by atoms with E-state index in [4.69, 9.17) is 10.00 Å². The van der Waals surface area contributed by atoms with Crippen LogP contribution in [0.5, 0.6) is 5.75 Å². The fourth-order valence-electron chi connectivity index (χ4n) is 2.73. The number of nitriles is 1. The number of benzene rings is 2. The van der Waals surface area contributed by atoms with Crippen molar-refractivity contribution in [3.8, 4) is 22.9 Å². The van der Waals surface area contributed by atoms with Gasteiger partial charge in [0, 0.05) is 5.56 Å². The number of halogens is 4. The summed E-state index contributed by atoms with van der Waals surface area (Å²) in [4.78, 5) is 0. The van der Waals surface area contributed by atoms with Crippen LogP contribution in [-0.4, -0.2) is 6.61 Å². The lowest BCUT2D eigenvalue weighted by molar-refractivity contribution is -0.137. The summed E-state index contributed by atoms with van der Waals surface area (Å²) < 4.78 is 59.2. The van der Waals surface area contributed by atoms with Gasteiger partial charge in [-0.25, -0.2) is 4.39 Å². The Morgan fingerprint density at radius 1 is 1.09 bits per heavy atom. The molecular weight excluding hydrogens is 310 g/mol. The van der Waals surface area contributed by atoms with Crippen molar-refractivity contribution in [1.82, 2.24) is 0 Å². The molecule has 23 heavy (non-hydrogen) atoms. The first-order chi connectivity index (χ1) is 10.9. The Hall–Kier alpha value is -2.55. The molecule has 1 aliphatic rings. The molecule has 1 aliphatic heterocycles. The van der Waals surface area contributed by atoms with E-state index in [2.05, 4.69) is 0 Å². The van der Waals surface area contributed by atoms with Gasteiger partial charge < -0.3 is 4.74 Å². The van der Waals surface area contributed by atoms with Gasteiger partial charge in [0.2, 0.25) is 0 Å². The lowest BCUT2D eigenvalue weighted by Crippen LogP contribution is -2.12. The SMILES string of the molecule is N#Cc1ccc(C(F)(F)F)c(-c2cc(F)cc3c2OCCC3)c1. The highest BCUT2D eigenvalue weighted by molar-refractivity contribution is 5.77. The molecule has 0 aromatic heterocycles. The Morgan fingerprint density at radius 3 is 2.57 bits per heavy atom. The van der Waals surface area contributed by atoms with Gasteiger partial charge in [-0.3, -0.25) is 0 Å². The average Bonchev–Trinajstić information content (AvgIpc) is 2.52. The summed E-state index contributed by atoms with van der Waals surface area (Å²) in [6, 6.07) is 7.17. The van der Waals surface area contributed by atoms with Gasteiger partial charge in [0.25, 0.3) is 0 Å². The van der Waals surface area contributed by atoms with E-state index in [0.717, 1.165) is 24.3 Å². The Labute approximate surface area is 129 Å². The molecule has 0 spiro atoms. The van der Waals surface area contributed by atoms with E-state index in [1.54, 1.807) is 0 Å². The molecule has 3 rings (SSSR count). The molecule has 6 heteroatoms. The van der Waals surface area contributed by atoms with Crippen molar-refractivity contribution in [3.05, 3.63) is 52.8 Å². The van der Waals surface area contributed by atoms with Crippen LogP contribution in [0.25, 0.3) is 11.1 Å². The van der Waals surface area contributed by atoms with E-state index >= 15 is 0 Å². The molecule has 0 saturated heterocycles. The standard InChI is InChI=1S/C17H11F4NO/c18-12-7-11-2-1-5-23-16(11)14(8-12)13-6-10(9-22)3-4-15(13)17(19,20)21/h3-4,6-8H,1-2,5H2. The first-order valence-electron chi connectivity index (χ1n) is 6.97. The fourth-order valence-corrected chi connectivity index (χ4v) is 2.73. The van der Waals surface area contributed by atoms with Gasteiger partial charge in [-0.05, 0) is 54.3 Å². The molecule has 2 aromatic carbocycles. The summed E-state index contributed by atoms with van der Waals surface area (Å²) in [5.41, 5.74) is -0.514. The molecule has 0 saturated carbocycles. The highest BCUT2D eigenvalue weighted by Crippen LogP contribution is 2.43. The van der Waals surface area contributed by atoms with Gasteiger partial charge in [-0.2, -0.15) is 18.4 Å². The van der Waals surface area contributed by atoms with E-state index in [1.807, 2.05) is 6.07 Å². The molecule has 0 radical (unpaired) electrons. The van der Waals surface area contributed by atoms with Crippen LogP contribution >= 0.6 is 0 Å². The highest BCUT2D eigenvalue weighted by Gasteiger charge is 2.35. The molecule has 2 nitrogen and oxygen atoms in total. The number of hydrogen-bond acceptors (Lipinski definition) is 2. The Morgan fingerprint density at radius 2 is 1.87 bits per heavy atom. The zero-order valence-electron chi connectivity index (χ0n) is 11.9. The maximum Gasteiger partial charge on any atom is 0.417 e. The quantitative estimate of drug-likeness (QED) is 0.713. The molecule has 118 valence electrons. The van der Waals surface area contributed by atoms with Crippen molar-refractivity contribution in [2.45, 2.75) is 19.0 Å². The van der Waals surface area contributed by atoms with Crippen molar-refractivity contribution in [3.63, 3.8) is 0 Å². The van der Waals surface area contributed by atoms with Gasteiger partial charge in [0.05, 0.1) is 23.8 Å². The Kier molecular flexibility index (Phi) is 3.72. The Balaban J connectivity index is 2.30. The molecule has 2 aromatic rings. The van der Waals surface area contributed by atoms with Crippen molar-refractivity contribution < 1.29 is 22.3 Å².